The first kappa shape index (κ1) is 19.5. The molecule has 0 fully saturated rings. The van der Waals surface area contributed by atoms with E-state index in [4.69, 9.17) is 23.7 Å². The van der Waals surface area contributed by atoms with Crippen LogP contribution >= 0.6 is 11.3 Å². The van der Waals surface area contributed by atoms with E-state index in [-0.39, 0.29) is 70.1 Å². The molecule has 0 radical (unpaired) electrons. The Bertz CT molecular complexity index is 3430. The number of rotatable bonds is 5. The Morgan fingerprint density at radius 2 is 1.12 bits per heavy atom. The number of hydrogen-bond donors (Lipinski definition) is 0. The molecule has 7 aromatic carbocycles. The van der Waals surface area contributed by atoms with Crippen LogP contribution in [-0.2, 0) is 0 Å². The van der Waals surface area contributed by atoms with Crippen LogP contribution in [-0.4, -0.2) is 19.5 Å². The van der Waals surface area contributed by atoms with Crippen LogP contribution in [0.25, 0.3) is 93.0 Å². The summed E-state index contributed by atoms with van der Waals surface area (Å²) in [6.07, 6.45) is 0. The molecule has 50 heavy (non-hydrogen) atoms. The summed E-state index contributed by atoms with van der Waals surface area (Å²) in [5, 5.41) is 2.36. The Morgan fingerprint density at radius 3 is 1.88 bits per heavy atom. The predicted octanol–water partition coefficient (Wildman–Crippen LogP) is 12.0. The Hall–Kier alpha value is -6.43. The van der Waals surface area contributed by atoms with Crippen LogP contribution in [0.15, 0.2) is 170 Å². The standard InChI is InChI=1S/C45H28N4S/c1-3-14-29(15-4-1)43-46-44(30-16-5-2-6-17-30)48-45(47-43)31-26-27-34(36-21-13-22-37-35-20-9-12-25-41(35)50-42(36)37)40(28-31)49-38-23-10-7-18-32(38)33-19-8-11-24-39(33)49/h1-28H/i1D,3D,4D,9D,13D,14D,15D,20D,21D,22D,25D. The van der Waals surface area contributed by atoms with Gasteiger partial charge in [0.05, 0.1) is 31.8 Å². The summed E-state index contributed by atoms with van der Waals surface area (Å²) in [6, 6.07) is 27.7. The molecule has 5 heteroatoms. The van der Waals surface area contributed by atoms with E-state index in [1.54, 1.807) is 24.3 Å². The highest BCUT2D eigenvalue weighted by Gasteiger charge is 2.20. The normalized spacial score (nSPS) is 14.7. The number of para-hydroxylation sites is 2. The number of benzene rings is 7. The molecule has 0 spiro atoms. The Balaban J connectivity index is 1.33. The van der Waals surface area contributed by atoms with Gasteiger partial charge in [-0.3, -0.25) is 0 Å². The highest BCUT2D eigenvalue weighted by atomic mass is 32.1. The summed E-state index contributed by atoms with van der Waals surface area (Å²) in [5.41, 5.74) is 3.87. The van der Waals surface area contributed by atoms with Crippen LogP contribution < -0.4 is 0 Å². The minimum Gasteiger partial charge on any atom is -0.309 e. The average molecular weight is 668 g/mol. The SMILES string of the molecule is [2H]c1cc([2H])c2sc3c(-c4ccc(-c5nc(-c6ccccc6)nc(-c6c([2H])c([2H])c([2H])c([2H])c6[2H])n5)cc4-n4c5ccccc5c5ccccc54)c([2H])c([2H])c([2H])c3c2c1[2H]. The second-order valence-corrected chi connectivity index (χ2v) is 12.6. The first-order valence-corrected chi connectivity index (χ1v) is 16.6. The largest absolute Gasteiger partial charge is 0.309 e. The highest BCUT2D eigenvalue weighted by Crippen LogP contribution is 2.44. The van der Waals surface area contributed by atoms with Crippen molar-refractivity contribution < 1.29 is 15.1 Å². The van der Waals surface area contributed by atoms with Crippen molar-refractivity contribution in [2.24, 2.45) is 0 Å². The lowest BCUT2D eigenvalue weighted by molar-refractivity contribution is 1.07. The Kier molecular flexibility index (Phi) is 4.54. The van der Waals surface area contributed by atoms with Crippen molar-refractivity contribution in [2.45, 2.75) is 0 Å². The molecule has 0 saturated carbocycles. The minimum atomic E-state index is -0.545. The van der Waals surface area contributed by atoms with Crippen molar-refractivity contribution in [3.8, 4) is 51.0 Å². The van der Waals surface area contributed by atoms with E-state index >= 15 is 0 Å². The zero-order chi connectivity index (χ0) is 42.6. The molecule has 3 heterocycles. The van der Waals surface area contributed by atoms with E-state index in [2.05, 4.69) is 4.98 Å². The molecule has 0 aliphatic heterocycles. The van der Waals surface area contributed by atoms with Crippen LogP contribution in [0.3, 0.4) is 0 Å². The molecule has 0 N–H and O–H groups in total. The molecule has 0 saturated heterocycles. The third-order valence-electron chi connectivity index (χ3n) is 8.72. The average Bonchev–Trinajstić information content (AvgIpc) is 3.84. The molecule has 10 rings (SSSR count). The predicted molar refractivity (Wildman–Crippen MR) is 209 cm³/mol. The molecule has 10 aromatic rings. The van der Waals surface area contributed by atoms with Crippen LogP contribution in [0.1, 0.15) is 15.1 Å². The second-order valence-electron chi connectivity index (χ2n) is 11.6. The van der Waals surface area contributed by atoms with Gasteiger partial charge in [0.25, 0.3) is 0 Å². The van der Waals surface area contributed by atoms with Crippen molar-refractivity contribution in [3.05, 3.63) is 170 Å². The summed E-state index contributed by atoms with van der Waals surface area (Å²) >= 11 is 1.15. The first-order valence-electron chi connectivity index (χ1n) is 21.3. The number of nitrogens with zero attached hydrogens (tertiary/aromatic N) is 4. The van der Waals surface area contributed by atoms with Crippen LogP contribution in [0.5, 0.6) is 0 Å². The maximum atomic E-state index is 9.43. The maximum Gasteiger partial charge on any atom is 0.164 e. The lowest BCUT2D eigenvalue weighted by Crippen LogP contribution is -2.02. The molecule has 0 amide bonds. The molecule has 234 valence electrons. The monoisotopic (exact) mass is 667 g/mol. The molecule has 0 aliphatic rings. The maximum absolute atomic E-state index is 9.43. The van der Waals surface area contributed by atoms with Crippen molar-refractivity contribution in [2.75, 3.05) is 0 Å². The van der Waals surface area contributed by atoms with E-state index in [0.717, 1.165) is 33.1 Å². The molecule has 0 aliphatic carbocycles. The summed E-state index contributed by atoms with van der Waals surface area (Å²) in [6.45, 7) is 0. The lowest BCUT2D eigenvalue weighted by Gasteiger charge is -2.17. The number of aromatic nitrogens is 4. The molecule has 4 nitrogen and oxygen atoms in total. The molecule has 0 atom stereocenters. The quantitative estimate of drug-likeness (QED) is 0.183. The van der Waals surface area contributed by atoms with Crippen molar-refractivity contribution >= 4 is 53.3 Å². The van der Waals surface area contributed by atoms with E-state index in [0.29, 0.717) is 37.3 Å². The van der Waals surface area contributed by atoms with Crippen LogP contribution in [0.2, 0.25) is 0 Å². The van der Waals surface area contributed by atoms with Gasteiger partial charge in [-0.1, -0.05) is 145 Å². The van der Waals surface area contributed by atoms with E-state index in [1.165, 1.54) is 6.07 Å². The fraction of sp³-hybridized carbons (Fsp3) is 0. The first-order chi connectivity index (χ1) is 29.3. The fourth-order valence-corrected chi connectivity index (χ4v) is 7.60. The van der Waals surface area contributed by atoms with E-state index < -0.39 is 30.2 Å². The van der Waals surface area contributed by atoms with Gasteiger partial charge in [-0.15, -0.1) is 11.3 Å². The van der Waals surface area contributed by atoms with Gasteiger partial charge in [0.15, 0.2) is 17.5 Å². The topological polar surface area (TPSA) is 43.6 Å². The molecular formula is C45H28N4S. The summed E-state index contributed by atoms with van der Waals surface area (Å²) in [4.78, 5) is 14.3. The Labute approximate surface area is 308 Å². The number of fused-ring (bicyclic) bond motifs is 6. The lowest BCUT2D eigenvalue weighted by atomic mass is 9.98. The van der Waals surface area contributed by atoms with Gasteiger partial charge in [-0.2, -0.15) is 0 Å². The Morgan fingerprint density at radius 1 is 0.460 bits per heavy atom. The van der Waals surface area contributed by atoms with Crippen molar-refractivity contribution in [3.63, 3.8) is 0 Å². The van der Waals surface area contributed by atoms with E-state index in [9.17, 15) is 1.37 Å². The van der Waals surface area contributed by atoms with Crippen LogP contribution in [0, 0.1) is 0 Å². The molecule has 3 aromatic heterocycles. The van der Waals surface area contributed by atoms with Gasteiger partial charge < -0.3 is 4.57 Å². The summed E-state index contributed by atoms with van der Waals surface area (Å²) in [5.74, 6) is 0.205. The molecule has 0 bridgehead atoms. The van der Waals surface area contributed by atoms with Gasteiger partial charge >= 0.3 is 0 Å². The summed E-state index contributed by atoms with van der Waals surface area (Å²) < 4.78 is 98.8. The third kappa shape index (κ3) is 4.63. The van der Waals surface area contributed by atoms with Gasteiger partial charge in [0.1, 0.15) is 0 Å². The van der Waals surface area contributed by atoms with Gasteiger partial charge in [-0.25, -0.2) is 15.0 Å². The van der Waals surface area contributed by atoms with Crippen LogP contribution in [0.4, 0.5) is 0 Å². The number of hydrogen-bond acceptors (Lipinski definition) is 4. The second kappa shape index (κ2) is 11.6. The molecular weight excluding hydrogens is 629 g/mol. The smallest absolute Gasteiger partial charge is 0.164 e. The van der Waals surface area contributed by atoms with E-state index in [1.807, 2.05) is 77.4 Å². The highest BCUT2D eigenvalue weighted by molar-refractivity contribution is 7.26. The zero-order valence-corrected chi connectivity index (χ0v) is 26.8. The van der Waals surface area contributed by atoms with Crippen molar-refractivity contribution in [1.82, 2.24) is 19.5 Å². The van der Waals surface area contributed by atoms with Gasteiger partial charge in [-0.05, 0) is 24.2 Å². The zero-order valence-electron chi connectivity index (χ0n) is 37.0. The minimum absolute atomic E-state index is 0.0116. The number of thiophene rings is 1. The van der Waals surface area contributed by atoms with Crippen molar-refractivity contribution in [1.29, 1.82) is 0 Å². The van der Waals surface area contributed by atoms with Gasteiger partial charge in [0.2, 0.25) is 0 Å². The van der Waals surface area contributed by atoms with Gasteiger partial charge in [0, 0.05) is 58.8 Å². The third-order valence-corrected chi connectivity index (χ3v) is 9.86. The molecule has 0 unspecified atom stereocenters. The summed E-state index contributed by atoms with van der Waals surface area (Å²) in [7, 11) is 0. The fourth-order valence-electron chi connectivity index (χ4n) is 6.50.